The van der Waals surface area contributed by atoms with E-state index in [4.69, 9.17) is 0 Å². The summed E-state index contributed by atoms with van der Waals surface area (Å²) in [6, 6.07) is 0.917. The second-order valence-corrected chi connectivity index (χ2v) is 5.73. The Morgan fingerprint density at radius 2 is 2.00 bits per heavy atom. The molecule has 1 aliphatic carbocycles. The number of hydrogen-bond acceptors (Lipinski definition) is 2. The van der Waals surface area contributed by atoms with Crippen molar-refractivity contribution in [3.8, 4) is 0 Å². The molecule has 1 N–H and O–H groups in total. The van der Waals surface area contributed by atoms with Gasteiger partial charge in [0.15, 0.2) is 0 Å². The van der Waals surface area contributed by atoms with Crippen LogP contribution in [-0.2, 0) is 0 Å². The molecule has 0 spiro atoms. The summed E-state index contributed by atoms with van der Waals surface area (Å²) in [7, 11) is 2.08. The monoisotopic (exact) mass is 224 g/mol. The first-order valence-electron chi connectivity index (χ1n) is 7.23. The Bertz CT molecular complexity index is 205. The summed E-state index contributed by atoms with van der Waals surface area (Å²) in [5.41, 5.74) is 0. The predicted molar refractivity (Wildman–Crippen MR) is 69.6 cm³/mol. The molecule has 1 aliphatic heterocycles. The molecule has 0 aromatic heterocycles. The van der Waals surface area contributed by atoms with Gasteiger partial charge in [0.25, 0.3) is 0 Å². The van der Waals surface area contributed by atoms with Crippen molar-refractivity contribution in [3.63, 3.8) is 0 Å². The minimum Gasteiger partial charge on any atom is -0.319 e. The molecule has 0 aromatic rings. The van der Waals surface area contributed by atoms with E-state index in [0.717, 1.165) is 17.9 Å². The van der Waals surface area contributed by atoms with Crippen LogP contribution in [0.4, 0.5) is 0 Å². The molecule has 16 heavy (non-hydrogen) atoms. The number of likely N-dealkylation sites (tertiary alicyclic amines) is 1. The van der Waals surface area contributed by atoms with Gasteiger partial charge in [-0.2, -0.15) is 0 Å². The standard InChI is InChI=1S/C14H28N2/c1-3-13-6-4-5-7-14(13)16-9-8-12(11-16)10-15-2/h12-15H,3-11H2,1-2H3. The maximum atomic E-state index is 3.33. The van der Waals surface area contributed by atoms with Crippen LogP contribution >= 0.6 is 0 Å². The molecule has 1 saturated heterocycles. The lowest BCUT2D eigenvalue weighted by atomic mass is 9.82. The Morgan fingerprint density at radius 3 is 2.75 bits per heavy atom. The van der Waals surface area contributed by atoms with Crippen LogP contribution in [0.15, 0.2) is 0 Å². The SMILES string of the molecule is CCC1CCCCC1N1CCC(CNC)C1. The molecule has 3 atom stereocenters. The zero-order valence-electron chi connectivity index (χ0n) is 11.0. The molecule has 2 nitrogen and oxygen atoms in total. The van der Waals surface area contributed by atoms with Crippen molar-refractivity contribution < 1.29 is 0 Å². The van der Waals surface area contributed by atoms with E-state index in [1.165, 1.54) is 58.2 Å². The van der Waals surface area contributed by atoms with Crippen LogP contribution in [0.2, 0.25) is 0 Å². The van der Waals surface area contributed by atoms with Gasteiger partial charge in [-0.1, -0.05) is 26.2 Å². The lowest BCUT2D eigenvalue weighted by Crippen LogP contribution is -2.41. The Balaban J connectivity index is 1.86. The summed E-state index contributed by atoms with van der Waals surface area (Å²) in [6.45, 7) is 6.29. The first-order valence-corrected chi connectivity index (χ1v) is 7.23. The van der Waals surface area contributed by atoms with E-state index in [2.05, 4.69) is 24.2 Å². The average Bonchev–Trinajstić information content (AvgIpc) is 2.78. The molecule has 3 unspecified atom stereocenters. The summed E-state index contributed by atoms with van der Waals surface area (Å²) in [4.78, 5) is 2.80. The summed E-state index contributed by atoms with van der Waals surface area (Å²) in [6.07, 6.45) is 8.68. The Kier molecular flexibility index (Phi) is 4.66. The van der Waals surface area contributed by atoms with Gasteiger partial charge in [-0.15, -0.1) is 0 Å². The highest BCUT2D eigenvalue weighted by molar-refractivity contribution is 4.87. The molecular weight excluding hydrogens is 196 g/mol. The van der Waals surface area contributed by atoms with Crippen LogP contribution in [0.1, 0.15) is 45.4 Å². The average molecular weight is 224 g/mol. The van der Waals surface area contributed by atoms with E-state index in [1.807, 2.05) is 0 Å². The molecule has 1 heterocycles. The maximum Gasteiger partial charge on any atom is 0.0123 e. The van der Waals surface area contributed by atoms with E-state index in [9.17, 15) is 0 Å². The fraction of sp³-hybridized carbons (Fsp3) is 1.00. The van der Waals surface area contributed by atoms with Crippen molar-refractivity contribution in [2.24, 2.45) is 11.8 Å². The topological polar surface area (TPSA) is 15.3 Å². The third kappa shape index (κ3) is 2.78. The quantitative estimate of drug-likeness (QED) is 0.789. The molecule has 0 radical (unpaired) electrons. The van der Waals surface area contributed by atoms with Gasteiger partial charge in [0, 0.05) is 12.6 Å². The fourth-order valence-electron chi connectivity index (χ4n) is 3.76. The van der Waals surface area contributed by atoms with Gasteiger partial charge in [-0.25, -0.2) is 0 Å². The van der Waals surface area contributed by atoms with Gasteiger partial charge in [-0.3, -0.25) is 4.90 Å². The third-order valence-electron chi connectivity index (χ3n) is 4.67. The van der Waals surface area contributed by atoms with Gasteiger partial charge in [-0.05, 0) is 51.2 Å². The van der Waals surface area contributed by atoms with Gasteiger partial charge in [0.05, 0.1) is 0 Å². The van der Waals surface area contributed by atoms with E-state index < -0.39 is 0 Å². The van der Waals surface area contributed by atoms with Crippen LogP contribution in [0.3, 0.4) is 0 Å². The molecule has 1 saturated carbocycles. The van der Waals surface area contributed by atoms with Gasteiger partial charge in [0.1, 0.15) is 0 Å². The molecule has 0 aromatic carbocycles. The molecule has 2 heteroatoms. The van der Waals surface area contributed by atoms with E-state index in [0.29, 0.717) is 0 Å². The van der Waals surface area contributed by atoms with Crippen molar-refractivity contribution in [2.75, 3.05) is 26.7 Å². The van der Waals surface area contributed by atoms with Gasteiger partial charge in [0.2, 0.25) is 0 Å². The summed E-state index contributed by atoms with van der Waals surface area (Å²) >= 11 is 0. The largest absolute Gasteiger partial charge is 0.319 e. The fourth-order valence-corrected chi connectivity index (χ4v) is 3.76. The van der Waals surface area contributed by atoms with Crippen LogP contribution < -0.4 is 5.32 Å². The zero-order valence-corrected chi connectivity index (χ0v) is 11.0. The third-order valence-corrected chi connectivity index (χ3v) is 4.67. The molecule has 2 aliphatic rings. The second-order valence-electron chi connectivity index (χ2n) is 5.73. The minimum atomic E-state index is 0.907. The number of nitrogens with zero attached hydrogens (tertiary/aromatic N) is 1. The highest BCUT2D eigenvalue weighted by Crippen LogP contribution is 2.33. The Labute approximate surface area is 101 Å². The smallest absolute Gasteiger partial charge is 0.0123 e. The van der Waals surface area contributed by atoms with Gasteiger partial charge >= 0.3 is 0 Å². The summed E-state index contributed by atoms with van der Waals surface area (Å²) in [5.74, 6) is 1.89. The highest BCUT2D eigenvalue weighted by Gasteiger charge is 2.33. The van der Waals surface area contributed by atoms with Crippen molar-refractivity contribution in [3.05, 3.63) is 0 Å². The van der Waals surface area contributed by atoms with Crippen LogP contribution in [-0.4, -0.2) is 37.6 Å². The first kappa shape index (κ1) is 12.4. The highest BCUT2D eigenvalue weighted by atomic mass is 15.2. The Morgan fingerprint density at radius 1 is 1.19 bits per heavy atom. The summed E-state index contributed by atoms with van der Waals surface area (Å²) < 4.78 is 0. The van der Waals surface area contributed by atoms with E-state index >= 15 is 0 Å². The normalized spacial score (nSPS) is 36.8. The second kappa shape index (κ2) is 6.02. The van der Waals surface area contributed by atoms with Crippen molar-refractivity contribution in [2.45, 2.75) is 51.5 Å². The summed E-state index contributed by atoms with van der Waals surface area (Å²) in [5, 5.41) is 3.33. The number of hydrogen-bond donors (Lipinski definition) is 1. The molecule has 0 bridgehead atoms. The van der Waals surface area contributed by atoms with E-state index in [-0.39, 0.29) is 0 Å². The lowest BCUT2D eigenvalue weighted by molar-refractivity contribution is 0.121. The van der Waals surface area contributed by atoms with Crippen LogP contribution in [0, 0.1) is 11.8 Å². The molecular formula is C14H28N2. The molecule has 2 rings (SSSR count). The van der Waals surface area contributed by atoms with Gasteiger partial charge < -0.3 is 5.32 Å². The van der Waals surface area contributed by atoms with Crippen LogP contribution in [0.25, 0.3) is 0 Å². The molecule has 2 fully saturated rings. The first-order chi connectivity index (χ1) is 7.85. The molecule has 0 amide bonds. The van der Waals surface area contributed by atoms with Crippen LogP contribution in [0.5, 0.6) is 0 Å². The van der Waals surface area contributed by atoms with Crippen molar-refractivity contribution >= 4 is 0 Å². The zero-order chi connectivity index (χ0) is 11.4. The maximum absolute atomic E-state index is 3.33. The minimum absolute atomic E-state index is 0.907. The predicted octanol–water partition coefficient (Wildman–Crippen LogP) is 2.50. The lowest BCUT2D eigenvalue weighted by Gasteiger charge is -2.37. The number of rotatable bonds is 4. The van der Waals surface area contributed by atoms with Crippen molar-refractivity contribution in [1.82, 2.24) is 10.2 Å². The van der Waals surface area contributed by atoms with E-state index in [1.54, 1.807) is 0 Å². The molecule has 94 valence electrons. The van der Waals surface area contributed by atoms with Crippen molar-refractivity contribution in [1.29, 1.82) is 0 Å². The Hall–Kier alpha value is -0.0800. The number of nitrogens with one attached hydrogen (secondary N) is 1.